The third kappa shape index (κ3) is 7.74. The van der Waals surface area contributed by atoms with Gasteiger partial charge in [0, 0.05) is 0 Å². The zero-order valence-corrected chi connectivity index (χ0v) is 10.6. The number of hydrogen-bond acceptors (Lipinski definition) is 3. The molecule has 100 valence electrons. The third-order valence-electron chi connectivity index (χ3n) is 2.87. The molecule has 5 nitrogen and oxygen atoms in total. The molecule has 0 heterocycles. The molecule has 2 unspecified atom stereocenters. The van der Waals surface area contributed by atoms with E-state index in [1.54, 1.807) is 0 Å². The van der Waals surface area contributed by atoms with Crippen LogP contribution in [0.5, 0.6) is 0 Å². The highest BCUT2D eigenvalue weighted by molar-refractivity contribution is 5.80. The zero-order chi connectivity index (χ0) is 13.3. The van der Waals surface area contributed by atoms with E-state index >= 15 is 0 Å². The summed E-state index contributed by atoms with van der Waals surface area (Å²) in [4.78, 5) is 21.3. The van der Waals surface area contributed by atoms with E-state index in [9.17, 15) is 9.59 Å². The molecule has 0 aliphatic rings. The second-order valence-electron chi connectivity index (χ2n) is 4.31. The standard InChI is InChI=1S/C12H23NO4/c1-3-5-6-9(4-2)8-13-10(12(16)17)7-11(14)15/h9-10,13H,3-8H2,1-2H3,(H,14,15)(H,16,17). The van der Waals surface area contributed by atoms with Crippen LogP contribution in [0.1, 0.15) is 46.0 Å². The predicted octanol–water partition coefficient (Wildman–Crippen LogP) is 1.72. The number of hydrogen-bond donors (Lipinski definition) is 3. The molecule has 0 saturated heterocycles. The monoisotopic (exact) mass is 245 g/mol. The van der Waals surface area contributed by atoms with E-state index in [0.29, 0.717) is 12.5 Å². The first kappa shape index (κ1) is 15.9. The molecule has 5 heteroatoms. The maximum Gasteiger partial charge on any atom is 0.321 e. The SMILES string of the molecule is CCCCC(CC)CNC(CC(=O)O)C(=O)O. The molecule has 17 heavy (non-hydrogen) atoms. The molecular weight excluding hydrogens is 222 g/mol. The third-order valence-corrected chi connectivity index (χ3v) is 2.87. The van der Waals surface area contributed by atoms with Crippen molar-refractivity contribution < 1.29 is 19.8 Å². The largest absolute Gasteiger partial charge is 0.481 e. The smallest absolute Gasteiger partial charge is 0.321 e. The molecule has 0 bridgehead atoms. The lowest BCUT2D eigenvalue weighted by atomic mass is 9.99. The van der Waals surface area contributed by atoms with E-state index in [2.05, 4.69) is 19.2 Å². The van der Waals surface area contributed by atoms with Gasteiger partial charge in [0.2, 0.25) is 0 Å². The molecule has 3 N–H and O–H groups in total. The predicted molar refractivity (Wildman–Crippen MR) is 65.0 cm³/mol. The first-order valence-electron chi connectivity index (χ1n) is 6.19. The Morgan fingerprint density at radius 1 is 1.24 bits per heavy atom. The van der Waals surface area contributed by atoms with E-state index in [1.165, 1.54) is 0 Å². The minimum absolute atomic E-state index is 0.375. The summed E-state index contributed by atoms with van der Waals surface area (Å²) in [6.07, 6.45) is 3.90. The second kappa shape index (κ2) is 8.98. The van der Waals surface area contributed by atoms with Crippen molar-refractivity contribution in [1.82, 2.24) is 5.32 Å². The van der Waals surface area contributed by atoms with Crippen molar-refractivity contribution in [3.05, 3.63) is 0 Å². The van der Waals surface area contributed by atoms with Gasteiger partial charge < -0.3 is 15.5 Å². The first-order valence-corrected chi connectivity index (χ1v) is 6.19. The Kier molecular flexibility index (Phi) is 8.40. The fourth-order valence-electron chi connectivity index (χ4n) is 1.67. The van der Waals surface area contributed by atoms with Crippen LogP contribution >= 0.6 is 0 Å². The lowest BCUT2D eigenvalue weighted by Crippen LogP contribution is -2.40. The summed E-state index contributed by atoms with van der Waals surface area (Å²) in [6, 6.07) is -0.983. The maximum atomic E-state index is 10.8. The van der Waals surface area contributed by atoms with Crippen LogP contribution in [0.25, 0.3) is 0 Å². The average molecular weight is 245 g/mol. The lowest BCUT2D eigenvalue weighted by Gasteiger charge is -2.18. The molecule has 0 spiro atoms. The average Bonchev–Trinajstić information content (AvgIpc) is 2.26. The quantitative estimate of drug-likeness (QED) is 0.545. The van der Waals surface area contributed by atoms with Crippen LogP contribution in [0.15, 0.2) is 0 Å². The normalized spacial score (nSPS) is 14.2. The molecule has 0 aromatic rings. The van der Waals surface area contributed by atoms with Gasteiger partial charge in [-0.3, -0.25) is 9.59 Å². The van der Waals surface area contributed by atoms with Gasteiger partial charge in [-0.25, -0.2) is 0 Å². The van der Waals surface area contributed by atoms with Crippen molar-refractivity contribution >= 4 is 11.9 Å². The molecule has 2 atom stereocenters. The van der Waals surface area contributed by atoms with Crippen molar-refractivity contribution in [2.75, 3.05) is 6.54 Å². The van der Waals surface area contributed by atoms with Crippen LogP contribution in [0.3, 0.4) is 0 Å². The molecule has 0 aliphatic carbocycles. The lowest BCUT2D eigenvalue weighted by molar-refractivity contribution is -0.146. The number of carboxylic acid groups (broad SMARTS) is 2. The fraction of sp³-hybridized carbons (Fsp3) is 0.833. The van der Waals surface area contributed by atoms with E-state index in [0.717, 1.165) is 25.7 Å². The summed E-state index contributed by atoms with van der Waals surface area (Å²) in [5, 5.41) is 20.3. The van der Waals surface area contributed by atoms with Crippen LogP contribution in [0.4, 0.5) is 0 Å². The van der Waals surface area contributed by atoms with Gasteiger partial charge in [-0.05, 0) is 18.9 Å². The van der Waals surface area contributed by atoms with Gasteiger partial charge in [0.05, 0.1) is 6.42 Å². The molecular formula is C12H23NO4. The molecule has 0 fully saturated rings. The van der Waals surface area contributed by atoms with Crippen molar-refractivity contribution in [2.24, 2.45) is 5.92 Å². The Bertz CT molecular complexity index is 243. The van der Waals surface area contributed by atoms with Crippen molar-refractivity contribution in [3.63, 3.8) is 0 Å². The minimum Gasteiger partial charge on any atom is -0.481 e. The number of aliphatic carboxylic acids is 2. The molecule has 0 radical (unpaired) electrons. The minimum atomic E-state index is -1.10. The maximum absolute atomic E-state index is 10.8. The Balaban J connectivity index is 4.08. The van der Waals surface area contributed by atoms with Crippen molar-refractivity contribution in [2.45, 2.75) is 52.0 Å². The second-order valence-corrected chi connectivity index (χ2v) is 4.31. The summed E-state index contributed by atoms with van der Waals surface area (Å²) in [6.45, 7) is 4.75. The molecule has 0 rings (SSSR count). The molecule has 0 amide bonds. The molecule has 0 aromatic heterocycles. The van der Waals surface area contributed by atoms with E-state index in [1.807, 2.05) is 0 Å². The van der Waals surface area contributed by atoms with Gasteiger partial charge >= 0.3 is 11.9 Å². The summed E-state index contributed by atoms with van der Waals surface area (Å²) in [5.74, 6) is -1.77. The van der Waals surface area contributed by atoms with Crippen LogP contribution in [-0.2, 0) is 9.59 Å². The Morgan fingerprint density at radius 3 is 2.29 bits per heavy atom. The van der Waals surface area contributed by atoms with Gasteiger partial charge in [-0.15, -0.1) is 0 Å². The van der Waals surface area contributed by atoms with Gasteiger partial charge in [-0.1, -0.05) is 33.1 Å². The van der Waals surface area contributed by atoms with Crippen LogP contribution in [-0.4, -0.2) is 34.7 Å². The molecule has 0 aliphatic heterocycles. The number of carbonyl (C=O) groups is 2. The topological polar surface area (TPSA) is 86.6 Å². The Hall–Kier alpha value is -1.10. The van der Waals surface area contributed by atoms with Crippen LogP contribution in [0.2, 0.25) is 0 Å². The Labute approximate surface area is 102 Å². The van der Waals surface area contributed by atoms with E-state index in [-0.39, 0.29) is 6.42 Å². The number of unbranched alkanes of at least 4 members (excludes halogenated alkanes) is 1. The highest BCUT2D eigenvalue weighted by atomic mass is 16.4. The number of nitrogens with one attached hydrogen (secondary N) is 1. The van der Waals surface area contributed by atoms with Gasteiger partial charge in [0.1, 0.15) is 6.04 Å². The summed E-state index contributed by atoms with van der Waals surface area (Å²) < 4.78 is 0. The van der Waals surface area contributed by atoms with E-state index in [4.69, 9.17) is 10.2 Å². The van der Waals surface area contributed by atoms with Gasteiger partial charge in [0.25, 0.3) is 0 Å². The summed E-state index contributed by atoms with van der Waals surface area (Å²) in [5.41, 5.74) is 0. The van der Waals surface area contributed by atoms with Gasteiger partial charge in [-0.2, -0.15) is 0 Å². The van der Waals surface area contributed by atoms with Gasteiger partial charge in [0.15, 0.2) is 0 Å². The highest BCUT2D eigenvalue weighted by Crippen LogP contribution is 2.11. The molecule has 0 saturated carbocycles. The van der Waals surface area contributed by atoms with Crippen LogP contribution in [0, 0.1) is 5.92 Å². The molecule has 0 aromatic carbocycles. The first-order chi connectivity index (χ1) is 8.01. The van der Waals surface area contributed by atoms with Crippen molar-refractivity contribution in [3.8, 4) is 0 Å². The summed E-state index contributed by atoms with van der Waals surface area (Å²) in [7, 11) is 0. The van der Waals surface area contributed by atoms with Crippen LogP contribution < -0.4 is 5.32 Å². The summed E-state index contributed by atoms with van der Waals surface area (Å²) >= 11 is 0. The zero-order valence-electron chi connectivity index (χ0n) is 10.6. The fourth-order valence-corrected chi connectivity index (χ4v) is 1.67. The Morgan fingerprint density at radius 2 is 1.88 bits per heavy atom. The highest BCUT2D eigenvalue weighted by Gasteiger charge is 2.21. The van der Waals surface area contributed by atoms with Crippen molar-refractivity contribution in [1.29, 1.82) is 0 Å². The number of carboxylic acids is 2. The number of rotatable bonds is 10. The van der Waals surface area contributed by atoms with E-state index < -0.39 is 18.0 Å².